The van der Waals surface area contributed by atoms with E-state index < -0.39 is 40.3 Å². The van der Waals surface area contributed by atoms with E-state index in [0.29, 0.717) is 58.5 Å². The number of likely N-dealkylation sites (N-methyl/N-ethyl adjacent to an activating group) is 1. The van der Waals surface area contributed by atoms with E-state index in [4.69, 9.17) is 4.74 Å². The molecule has 37 heavy (non-hydrogen) atoms. The predicted molar refractivity (Wildman–Crippen MR) is 128 cm³/mol. The number of carbonyl (C=O) groups is 3. The van der Waals surface area contributed by atoms with Gasteiger partial charge in [0.1, 0.15) is 17.2 Å². The van der Waals surface area contributed by atoms with Gasteiger partial charge in [-0.25, -0.2) is 9.37 Å². The van der Waals surface area contributed by atoms with E-state index in [1.54, 1.807) is 6.08 Å². The van der Waals surface area contributed by atoms with Gasteiger partial charge in [-0.1, -0.05) is 6.08 Å². The van der Waals surface area contributed by atoms with Crippen LogP contribution in [0.3, 0.4) is 0 Å². The summed E-state index contributed by atoms with van der Waals surface area (Å²) in [6.07, 6.45) is 6.46. The molecule has 0 aromatic carbocycles. The van der Waals surface area contributed by atoms with Gasteiger partial charge in [-0.15, -0.1) is 0 Å². The number of ether oxygens (including phenoxy) is 1. The first kappa shape index (κ1) is 25.1. The summed E-state index contributed by atoms with van der Waals surface area (Å²) >= 11 is 0. The normalized spacial score (nSPS) is 26.3. The second kappa shape index (κ2) is 9.73. The Kier molecular flexibility index (Phi) is 6.61. The second-order valence-electron chi connectivity index (χ2n) is 10.1. The molecular weight excluding hydrogens is 485 g/mol. The summed E-state index contributed by atoms with van der Waals surface area (Å²) < 4.78 is 19.8. The fourth-order valence-electron chi connectivity index (χ4n) is 5.76. The first-order valence-electron chi connectivity index (χ1n) is 12.5. The molecule has 2 fully saturated rings. The molecule has 2 aliphatic carbocycles. The zero-order chi connectivity index (χ0) is 26.3. The summed E-state index contributed by atoms with van der Waals surface area (Å²) in [5.41, 5.74) is -2.24. The van der Waals surface area contributed by atoms with Crippen molar-refractivity contribution in [3.8, 4) is 5.75 Å². The Labute approximate surface area is 212 Å². The number of carbonyl (C=O) groups excluding carboxylic acids is 3. The molecule has 3 atom stereocenters. The van der Waals surface area contributed by atoms with Crippen LogP contribution in [0, 0.1) is 11.8 Å². The van der Waals surface area contributed by atoms with Gasteiger partial charge in [0, 0.05) is 33.2 Å². The van der Waals surface area contributed by atoms with Crippen molar-refractivity contribution in [3.63, 3.8) is 0 Å². The first-order chi connectivity index (χ1) is 17.7. The molecule has 3 amide bonds. The third-order valence-electron chi connectivity index (χ3n) is 7.91. The van der Waals surface area contributed by atoms with Gasteiger partial charge in [0.25, 0.3) is 11.5 Å². The van der Waals surface area contributed by atoms with Gasteiger partial charge in [0.05, 0.1) is 13.2 Å². The molecule has 1 aromatic heterocycles. The molecule has 2 bridgehead atoms. The van der Waals surface area contributed by atoms with E-state index in [0.717, 1.165) is 0 Å². The molecule has 1 aromatic rings. The van der Waals surface area contributed by atoms with Crippen LogP contribution < -0.4 is 10.9 Å². The van der Waals surface area contributed by atoms with E-state index >= 15 is 0 Å². The molecule has 12 heteroatoms. The van der Waals surface area contributed by atoms with Gasteiger partial charge in [-0.05, 0) is 49.7 Å². The number of aromatic hydroxyl groups is 1. The van der Waals surface area contributed by atoms with Crippen LogP contribution in [0.25, 0.3) is 0 Å². The lowest BCUT2D eigenvalue weighted by Gasteiger charge is -2.42. The minimum absolute atomic E-state index is 0.0614. The molecule has 1 saturated carbocycles. The number of morpholine rings is 1. The highest BCUT2D eigenvalue weighted by molar-refractivity contribution is 6.35. The number of allylic oxidation sites excluding steroid dienone is 3. The molecule has 2 aliphatic heterocycles. The number of aromatic nitrogens is 2. The largest absolute Gasteiger partial charge is 0.501 e. The number of hydrogen-bond acceptors (Lipinski definition) is 7. The summed E-state index contributed by atoms with van der Waals surface area (Å²) in [4.78, 5) is 59.7. The number of nitrogens with zero attached hydrogens (tertiary/aromatic N) is 4. The van der Waals surface area contributed by atoms with Crippen LogP contribution in [0.5, 0.6) is 5.75 Å². The van der Waals surface area contributed by atoms with E-state index in [9.17, 15) is 28.7 Å². The fourth-order valence-corrected chi connectivity index (χ4v) is 5.76. The van der Waals surface area contributed by atoms with Crippen molar-refractivity contribution in [3.05, 3.63) is 45.9 Å². The zero-order valence-corrected chi connectivity index (χ0v) is 20.6. The summed E-state index contributed by atoms with van der Waals surface area (Å²) in [5, 5.41) is 13.3. The van der Waals surface area contributed by atoms with Gasteiger partial charge in [-0.3, -0.25) is 23.7 Å². The smallest absolute Gasteiger partial charge is 0.312 e. The third-order valence-corrected chi connectivity index (χ3v) is 7.91. The minimum Gasteiger partial charge on any atom is -0.501 e. The van der Waals surface area contributed by atoms with Crippen LogP contribution in [-0.4, -0.2) is 82.1 Å². The number of rotatable bonds is 4. The molecule has 11 nitrogen and oxygen atoms in total. The molecule has 3 unspecified atom stereocenters. The average Bonchev–Trinajstić information content (AvgIpc) is 3.28. The van der Waals surface area contributed by atoms with E-state index in [1.807, 2.05) is 0 Å². The van der Waals surface area contributed by atoms with Crippen molar-refractivity contribution < 1.29 is 28.6 Å². The van der Waals surface area contributed by atoms with E-state index in [1.165, 1.54) is 33.6 Å². The Morgan fingerprint density at radius 2 is 2.08 bits per heavy atom. The lowest BCUT2D eigenvalue weighted by Crippen LogP contribution is -2.56. The molecule has 1 saturated heterocycles. The van der Waals surface area contributed by atoms with Gasteiger partial charge in [0.15, 0.2) is 5.69 Å². The molecule has 198 valence electrons. The van der Waals surface area contributed by atoms with E-state index in [-0.39, 0.29) is 30.0 Å². The fraction of sp³-hybridized carbons (Fsp3) is 0.560. The Bertz CT molecular complexity index is 1250. The molecular formula is C25H30FN5O6. The number of hydrogen-bond donors (Lipinski definition) is 2. The maximum absolute atomic E-state index is 13.3. The van der Waals surface area contributed by atoms with Crippen molar-refractivity contribution in [2.24, 2.45) is 11.8 Å². The number of nitrogens with one attached hydrogen (secondary N) is 1. The maximum Gasteiger partial charge on any atom is 0.312 e. The summed E-state index contributed by atoms with van der Waals surface area (Å²) in [6.45, 7) is 1.82. The first-order valence-corrected chi connectivity index (χ1v) is 12.5. The van der Waals surface area contributed by atoms with Gasteiger partial charge in [0.2, 0.25) is 5.75 Å². The Morgan fingerprint density at radius 3 is 2.78 bits per heavy atom. The second-order valence-corrected chi connectivity index (χ2v) is 10.1. The average molecular weight is 516 g/mol. The molecule has 5 rings (SSSR count). The lowest BCUT2D eigenvalue weighted by atomic mass is 9.89. The standard InChI is InChI=1S/C25H30FN5O6/c1-29(22(35)23(36)30-8-10-37-11-9-30)25-7-6-16(12-25)14-31-21(34)19(32)18(28-24(25)31)20(33)27-13-15-2-4-17(26)5-3-15/h2,4-5,15-16,32H,3,6-14H2,1H3,(H,27,33). The van der Waals surface area contributed by atoms with Crippen LogP contribution in [-0.2, 0) is 26.4 Å². The van der Waals surface area contributed by atoms with Gasteiger partial charge >= 0.3 is 11.8 Å². The molecule has 0 spiro atoms. The quantitative estimate of drug-likeness (QED) is 0.556. The van der Waals surface area contributed by atoms with Gasteiger partial charge in [-0.2, -0.15) is 0 Å². The molecule has 0 radical (unpaired) electrons. The highest BCUT2D eigenvalue weighted by Gasteiger charge is 2.53. The number of halogens is 1. The molecule has 4 aliphatic rings. The number of amides is 3. The van der Waals surface area contributed by atoms with Crippen LogP contribution in [0.2, 0.25) is 0 Å². The third kappa shape index (κ3) is 4.43. The lowest BCUT2D eigenvalue weighted by molar-refractivity contribution is -0.157. The van der Waals surface area contributed by atoms with Crippen molar-refractivity contribution in [2.45, 2.75) is 37.8 Å². The minimum atomic E-state index is -1.06. The van der Waals surface area contributed by atoms with Crippen molar-refractivity contribution in [1.82, 2.24) is 24.7 Å². The summed E-state index contributed by atoms with van der Waals surface area (Å²) in [6, 6.07) is 0. The summed E-state index contributed by atoms with van der Waals surface area (Å²) in [5.74, 6) is -3.08. The highest BCUT2D eigenvalue weighted by atomic mass is 19.1. The van der Waals surface area contributed by atoms with E-state index in [2.05, 4.69) is 10.3 Å². The van der Waals surface area contributed by atoms with Crippen molar-refractivity contribution in [2.75, 3.05) is 39.9 Å². The Morgan fingerprint density at radius 1 is 1.32 bits per heavy atom. The van der Waals surface area contributed by atoms with Crippen molar-refractivity contribution >= 4 is 17.7 Å². The SMILES string of the molecule is CN(C(=O)C(=O)N1CCOCC1)C12CCC(Cn3c1nc(C(=O)NCC1C=CC(F)=CC1)c(O)c3=O)C2. The van der Waals surface area contributed by atoms with Crippen LogP contribution >= 0.6 is 0 Å². The zero-order valence-electron chi connectivity index (χ0n) is 20.6. The van der Waals surface area contributed by atoms with Crippen LogP contribution in [0.15, 0.2) is 28.8 Å². The number of fused-ring (bicyclic) bond motifs is 4. The van der Waals surface area contributed by atoms with Crippen LogP contribution in [0.4, 0.5) is 4.39 Å². The predicted octanol–water partition coefficient (Wildman–Crippen LogP) is 0.434. The Balaban J connectivity index is 1.43. The van der Waals surface area contributed by atoms with Gasteiger partial charge < -0.3 is 25.0 Å². The Hall–Kier alpha value is -3.54. The highest BCUT2D eigenvalue weighted by Crippen LogP contribution is 2.49. The molecule has 3 heterocycles. The van der Waals surface area contributed by atoms with Crippen LogP contribution in [0.1, 0.15) is 42.0 Å². The molecule has 2 N–H and O–H groups in total. The summed E-state index contributed by atoms with van der Waals surface area (Å²) in [7, 11) is 1.53. The monoisotopic (exact) mass is 515 g/mol. The van der Waals surface area contributed by atoms with Crippen molar-refractivity contribution in [1.29, 1.82) is 0 Å². The maximum atomic E-state index is 13.3. The topological polar surface area (TPSA) is 134 Å².